The zero-order valence-corrected chi connectivity index (χ0v) is 15.9. The summed E-state index contributed by atoms with van der Waals surface area (Å²) in [5, 5.41) is 11.4. The van der Waals surface area contributed by atoms with Crippen molar-refractivity contribution < 1.29 is 13.5 Å². The van der Waals surface area contributed by atoms with Gasteiger partial charge < -0.3 is 4.74 Å². The van der Waals surface area contributed by atoms with Crippen molar-refractivity contribution in [2.45, 2.75) is 6.42 Å². The first kappa shape index (κ1) is 17.1. The van der Waals surface area contributed by atoms with Gasteiger partial charge >= 0.3 is 0 Å². The van der Waals surface area contributed by atoms with E-state index in [0.29, 0.717) is 13.0 Å². The third-order valence-electron chi connectivity index (χ3n) is 4.48. The van der Waals surface area contributed by atoms with E-state index in [9.17, 15) is 8.78 Å². The molecule has 3 heterocycles. The molecule has 9 heteroatoms. The van der Waals surface area contributed by atoms with Crippen molar-refractivity contribution in [1.29, 1.82) is 0 Å². The topological polar surface area (TPSA) is 68.6 Å². The van der Waals surface area contributed by atoms with Crippen molar-refractivity contribution in [3.05, 3.63) is 64.3 Å². The molecule has 0 spiro atoms. The molecule has 0 atom stereocenters. The molecule has 0 amide bonds. The quantitative estimate of drug-likeness (QED) is 0.501. The maximum atomic E-state index is 14.0. The third kappa shape index (κ3) is 2.88. The first-order valence-corrected chi connectivity index (χ1v) is 9.27. The second kappa shape index (κ2) is 6.52. The van der Waals surface area contributed by atoms with Crippen LogP contribution in [0.5, 0.6) is 5.75 Å². The summed E-state index contributed by atoms with van der Waals surface area (Å²) >= 11 is 3.45. The van der Waals surface area contributed by atoms with Gasteiger partial charge in [-0.3, -0.25) is 5.10 Å². The number of benzene rings is 2. The predicted octanol–water partition coefficient (Wildman–Crippen LogP) is 4.30. The van der Waals surface area contributed by atoms with Gasteiger partial charge in [0, 0.05) is 34.3 Å². The summed E-state index contributed by atoms with van der Waals surface area (Å²) in [5.41, 5.74) is 2.81. The fraction of sp³-hybridized carbons (Fsp3) is 0.105. The number of ether oxygens (including phenoxy) is 1. The Balaban J connectivity index is 1.56. The molecule has 0 bridgehead atoms. The van der Waals surface area contributed by atoms with Gasteiger partial charge in [0.1, 0.15) is 17.4 Å². The van der Waals surface area contributed by atoms with Crippen LogP contribution in [-0.2, 0) is 6.42 Å². The highest BCUT2D eigenvalue weighted by molar-refractivity contribution is 9.10. The van der Waals surface area contributed by atoms with Gasteiger partial charge in [-0.1, -0.05) is 15.9 Å². The van der Waals surface area contributed by atoms with E-state index in [2.05, 4.69) is 36.2 Å². The Labute approximate surface area is 166 Å². The van der Waals surface area contributed by atoms with E-state index in [1.54, 1.807) is 4.68 Å². The van der Waals surface area contributed by atoms with Crippen molar-refractivity contribution in [2.75, 3.05) is 6.61 Å². The van der Waals surface area contributed by atoms with Crippen LogP contribution in [0.2, 0.25) is 0 Å². The number of fused-ring (bicyclic) bond motifs is 3. The summed E-state index contributed by atoms with van der Waals surface area (Å²) in [4.78, 5) is 4.31. The van der Waals surface area contributed by atoms with Crippen LogP contribution in [0, 0.1) is 11.6 Å². The number of nitrogens with one attached hydrogen (secondary N) is 1. The van der Waals surface area contributed by atoms with E-state index in [4.69, 9.17) is 4.74 Å². The Morgan fingerprint density at radius 2 is 1.96 bits per heavy atom. The highest BCUT2D eigenvalue weighted by Crippen LogP contribution is 2.36. The van der Waals surface area contributed by atoms with Crippen LogP contribution in [-0.4, -0.2) is 31.6 Å². The fourth-order valence-electron chi connectivity index (χ4n) is 3.16. The predicted molar refractivity (Wildman–Crippen MR) is 101 cm³/mol. The minimum absolute atomic E-state index is 0.137. The Morgan fingerprint density at radius 3 is 2.82 bits per heavy atom. The molecule has 1 aliphatic rings. The van der Waals surface area contributed by atoms with E-state index in [0.717, 1.165) is 33.1 Å². The van der Waals surface area contributed by atoms with E-state index in [1.165, 1.54) is 12.1 Å². The summed E-state index contributed by atoms with van der Waals surface area (Å²) in [5.74, 6) is -0.139. The third-order valence-corrected chi connectivity index (χ3v) is 4.98. The molecule has 0 unspecified atom stereocenters. The van der Waals surface area contributed by atoms with Gasteiger partial charge in [-0.05, 0) is 30.3 Å². The fourth-order valence-corrected chi connectivity index (χ4v) is 3.50. The van der Waals surface area contributed by atoms with Crippen LogP contribution in [0.15, 0.2) is 47.1 Å². The van der Waals surface area contributed by atoms with Crippen LogP contribution < -0.4 is 4.74 Å². The van der Waals surface area contributed by atoms with Crippen molar-refractivity contribution in [1.82, 2.24) is 25.0 Å². The Hall–Kier alpha value is -3.07. The molecule has 0 fully saturated rings. The average molecular weight is 444 g/mol. The zero-order chi connectivity index (χ0) is 19.3. The first-order valence-electron chi connectivity index (χ1n) is 8.48. The summed E-state index contributed by atoms with van der Waals surface area (Å²) in [6.07, 6.45) is 2.52. The molecule has 2 aromatic carbocycles. The lowest BCUT2D eigenvalue weighted by molar-refractivity contribution is 0.326. The second-order valence-electron chi connectivity index (χ2n) is 6.29. The summed E-state index contributed by atoms with van der Waals surface area (Å²) < 4.78 is 35.4. The highest BCUT2D eigenvalue weighted by atomic mass is 79.9. The van der Waals surface area contributed by atoms with Gasteiger partial charge in [-0.2, -0.15) is 10.1 Å². The lowest BCUT2D eigenvalue weighted by atomic mass is 10.1. The van der Waals surface area contributed by atoms with Crippen molar-refractivity contribution in [3.8, 4) is 34.3 Å². The van der Waals surface area contributed by atoms with Crippen LogP contribution >= 0.6 is 15.9 Å². The largest absolute Gasteiger partial charge is 0.492 e. The summed E-state index contributed by atoms with van der Waals surface area (Å²) in [7, 11) is 0. The van der Waals surface area contributed by atoms with Crippen LogP contribution in [0.4, 0.5) is 8.78 Å². The van der Waals surface area contributed by atoms with Crippen LogP contribution in [0.25, 0.3) is 28.6 Å². The molecule has 28 heavy (non-hydrogen) atoms. The summed E-state index contributed by atoms with van der Waals surface area (Å²) in [6.45, 7) is 0.530. The Morgan fingerprint density at radius 1 is 1.11 bits per heavy atom. The van der Waals surface area contributed by atoms with E-state index in [-0.39, 0.29) is 17.3 Å². The maximum Gasteiger partial charge on any atom is 0.269 e. The Kier molecular flexibility index (Phi) is 3.97. The number of rotatable bonds is 2. The second-order valence-corrected chi connectivity index (χ2v) is 7.21. The molecule has 140 valence electrons. The molecule has 1 N–H and O–H groups in total. The molecule has 4 aromatic rings. The maximum absolute atomic E-state index is 14.0. The Bertz CT molecular complexity index is 1200. The van der Waals surface area contributed by atoms with Gasteiger partial charge in [0.05, 0.1) is 17.9 Å². The van der Waals surface area contributed by atoms with Crippen LogP contribution in [0.3, 0.4) is 0 Å². The molecule has 5 rings (SSSR count). The minimum atomic E-state index is -0.712. The zero-order valence-electron chi connectivity index (χ0n) is 14.3. The molecular weight excluding hydrogens is 432 g/mol. The van der Waals surface area contributed by atoms with Crippen molar-refractivity contribution in [3.63, 3.8) is 0 Å². The minimum Gasteiger partial charge on any atom is -0.492 e. The number of hydrogen-bond donors (Lipinski definition) is 1. The standard InChI is InChI=1S/C19H12BrF2N5O/c20-11-1-3-14-16(7-11)28-6-5-10-9-27(26-17(10)14)19-23-18(24-25-19)13-4-2-12(21)8-15(13)22/h1-4,7-9H,5-6H2,(H,23,24,25). The smallest absolute Gasteiger partial charge is 0.269 e. The van der Waals surface area contributed by atoms with Crippen molar-refractivity contribution in [2.24, 2.45) is 0 Å². The monoisotopic (exact) mass is 443 g/mol. The number of aromatic nitrogens is 5. The van der Waals surface area contributed by atoms with Gasteiger partial charge in [-0.25, -0.2) is 13.5 Å². The number of H-pyrrole nitrogens is 1. The molecule has 1 aliphatic heterocycles. The van der Waals surface area contributed by atoms with E-state index < -0.39 is 11.6 Å². The summed E-state index contributed by atoms with van der Waals surface area (Å²) in [6, 6.07) is 9.08. The van der Waals surface area contributed by atoms with Gasteiger partial charge in [0.25, 0.3) is 5.95 Å². The normalized spacial score (nSPS) is 12.8. The van der Waals surface area contributed by atoms with Gasteiger partial charge in [-0.15, -0.1) is 5.10 Å². The number of hydrogen-bond acceptors (Lipinski definition) is 4. The first-order chi connectivity index (χ1) is 13.6. The molecular formula is C19H12BrF2N5O. The lowest BCUT2D eigenvalue weighted by Gasteiger charge is -2.06. The van der Waals surface area contributed by atoms with Gasteiger partial charge in [0.2, 0.25) is 0 Å². The SMILES string of the molecule is Fc1ccc(-c2nc(-n3cc4c(n3)-c3ccc(Br)cc3OCC4)n[nH]2)c(F)c1. The average Bonchev–Trinajstić information content (AvgIpc) is 3.26. The number of aromatic amines is 1. The molecule has 0 saturated heterocycles. The van der Waals surface area contributed by atoms with Gasteiger partial charge in [0.15, 0.2) is 5.82 Å². The molecule has 0 radical (unpaired) electrons. The number of nitrogens with zero attached hydrogens (tertiary/aromatic N) is 4. The number of halogens is 3. The van der Waals surface area contributed by atoms with Crippen molar-refractivity contribution >= 4 is 15.9 Å². The van der Waals surface area contributed by atoms with E-state index >= 15 is 0 Å². The molecule has 0 saturated carbocycles. The molecule has 2 aromatic heterocycles. The highest BCUT2D eigenvalue weighted by Gasteiger charge is 2.21. The molecule has 0 aliphatic carbocycles. The van der Waals surface area contributed by atoms with E-state index in [1.807, 2.05) is 24.4 Å². The lowest BCUT2D eigenvalue weighted by Crippen LogP contribution is -2.00. The van der Waals surface area contributed by atoms with Crippen LogP contribution in [0.1, 0.15) is 5.56 Å². The molecule has 6 nitrogen and oxygen atoms in total.